The first-order valence-corrected chi connectivity index (χ1v) is 9.27. The topological polar surface area (TPSA) is 72.1 Å². The molecule has 1 amide bonds. The fraction of sp³-hybridized carbons (Fsp3) is 0.400. The molecule has 0 spiro atoms. The fourth-order valence-corrected chi connectivity index (χ4v) is 3.89. The van der Waals surface area contributed by atoms with E-state index in [1.807, 2.05) is 17.8 Å². The van der Waals surface area contributed by atoms with Crippen molar-refractivity contribution in [2.24, 2.45) is 7.05 Å². The first-order chi connectivity index (χ1) is 13.0. The van der Waals surface area contributed by atoms with Gasteiger partial charge in [0.2, 0.25) is 0 Å². The van der Waals surface area contributed by atoms with Crippen LogP contribution in [0.15, 0.2) is 36.8 Å². The number of aryl methyl sites for hydroxylation is 1. The third kappa shape index (κ3) is 3.47. The number of aliphatic hydroxyl groups is 1. The molecule has 27 heavy (non-hydrogen) atoms. The second-order valence-corrected chi connectivity index (χ2v) is 7.26. The normalized spacial score (nSPS) is 20.1. The molecule has 3 aromatic rings. The van der Waals surface area contributed by atoms with E-state index in [1.54, 1.807) is 29.2 Å². The lowest BCUT2D eigenvalue weighted by molar-refractivity contribution is 0.0718. The molecule has 142 valence electrons. The van der Waals surface area contributed by atoms with Crippen LogP contribution < -0.4 is 5.32 Å². The van der Waals surface area contributed by atoms with Gasteiger partial charge in [0.05, 0.1) is 36.0 Å². The number of fused-ring (bicyclic) bond motifs is 1. The Balaban J connectivity index is 1.68. The van der Waals surface area contributed by atoms with Crippen molar-refractivity contribution >= 4 is 16.8 Å². The molecule has 1 fully saturated rings. The van der Waals surface area contributed by atoms with Crippen molar-refractivity contribution in [3.05, 3.63) is 53.7 Å². The number of carbonyl (C=O) groups excluding carboxylic acids is 1. The summed E-state index contributed by atoms with van der Waals surface area (Å²) < 4.78 is 18.1. The van der Waals surface area contributed by atoms with Crippen molar-refractivity contribution in [3.63, 3.8) is 0 Å². The molecule has 0 bridgehead atoms. The number of nitrogens with one attached hydrogen (secondary N) is 1. The minimum absolute atomic E-state index is 0.283. The van der Waals surface area contributed by atoms with E-state index in [9.17, 15) is 14.3 Å². The third-order valence-electron chi connectivity index (χ3n) is 5.26. The SMILES string of the molecule is Cn1cc(Cn2cc(C(=O)N[C@@H]3CCCC[C@H]3O)c3c(F)cccc32)cn1. The molecule has 2 heterocycles. The van der Waals surface area contributed by atoms with Crippen LogP contribution in [0.25, 0.3) is 10.9 Å². The number of hydrogen-bond acceptors (Lipinski definition) is 3. The van der Waals surface area contributed by atoms with Crippen LogP contribution in [0.3, 0.4) is 0 Å². The van der Waals surface area contributed by atoms with Crippen LogP contribution in [0.2, 0.25) is 0 Å². The Morgan fingerprint density at radius 2 is 2.15 bits per heavy atom. The number of hydrogen-bond donors (Lipinski definition) is 2. The van der Waals surface area contributed by atoms with Crippen LogP contribution in [0.1, 0.15) is 41.6 Å². The highest BCUT2D eigenvalue weighted by molar-refractivity contribution is 6.07. The maximum absolute atomic E-state index is 14.6. The number of benzene rings is 1. The smallest absolute Gasteiger partial charge is 0.253 e. The van der Waals surface area contributed by atoms with Crippen molar-refractivity contribution in [2.75, 3.05) is 0 Å². The molecule has 0 unspecified atom stereocenters. The van der Waals surface area contributed by atoms with Gasteiger partial charge in [-0.2, -0.15) is 5.10 Å². The molecule has 2 N–H and O–H groups in total. The minimum atomic E-state index is -0.545. The molecular weight excluding hydrogens is 347 g/mol. The molecule has 1 saturated carbocycles. The first-order valence-electron chi connectivity index (χ1n) is 9.27. The Bertz CT molecular complexity index is 978. The summed E-state index contributed by atoms with van der Waals surface area (Å²) >= 11 is 0. The van der Waals surface area contributed by atoms with E-state index in [0.29, 0.717) is 29.4 Å². The van der Waals surface area contributed by atoms with Crippen LogP contribution in [0.5, 0.6) is 0 Å². The minimum Gasteiger partial charge on any atom is -0.391 e. The third-order valence-corrected chi connectivity index (χ3v) is 5.26. The molecule has 7 heteroatoms. The van der Waals surface area contributed by atoms with Crippen molar-refractivity contribution in [1.29, 1.82) is 0 Å². The molecule has 2 atom stereocenters. The molecule has 1 aromatic carbocycles. The largest absolute Gasteiger partial charge is 0.391 e. The van der Waals surface area contributed by atoms with E-state index in [1.165, 1.54) is 6.07 Å². The molecular formula is C20H23FN4O2. The zero-order valence-corrected chi connectivity index (χ0v) is 15.2. The number of aliphatic hydroxyl groups excluding tert-OH is 1. The average Bonchev–Trinajstić information content (AvgIpc) is 3.22. The summed E-state index contributed by atoms with van der Waals surface area (Å²) in [6, 6.07) is 4.53. The lowest BCUT2D eigenvalue weighted by Gasteiger charge is -2.28. The summed E-state index contributed by atoms with van der Waals surface area (Å²) in [6.45, 7) is 0.493. The van der Waals surface area contributed by atoms with Gasteiger partial charge in [-0.1, -0.05) is 18.9 Å². The number of nitrogens with zero attached hydrogens (tertiary/aromatic N) is 3. The summed E-state index contributed by atoms with van der Waals surface area (Å²) in [5.74, 6) is -0.771. The van der Waals surface area contributed by atoms with Crippen molar-refractivity contribution in [2.45, 2.75) is 44.4 Å². The lowest BCUT2D eigenvalue weighted by atomic mass is 9.92. The van der Waals surface area contributed by atoms with E-state index in [2.05, 4.69) is 10.4 Å². The maximum Gasteiger partial charge on any atom is 0.253 e. The monoisotopic (exact) mass is 370 g/mol. The number of rotatable bonds is 4. The van der Waals surface area contributed by atoms with Gasteiger partial charge in [-0.15, -0.1) is 0 Å². The van der Waals surface area contributed by atoms with Crippen LogP contribution >= 0.6 is 0 Å². The van der Waals surface area contributed by atoms with E-state index in [-0.39, 0.29) is 11.9 Å². The van der Waals surface area contributed by atoms with Crippen LogP contribution in [0, 0.1) is 5.82 Å². The van der Waals surface area contributed by atoms with Crippen molar-refractivity contribution < 1.29 is 14.3 Å². The van der Waals surface area contributed by atoms with Gasteiger partial charge in [0, 0.05) is 30.4 Å². The van der Waals surface area contributed by atoms with E-state index < -0.39 is 11.9 Å². The highest BCUT2D eigenvalue weighted by Crippen LogP contribution is 2.26. The lowest BCUT2D eigenvalue weighted by Crippen LogP contribution is -2.45. The van der Waals surface area contributed by atoms with Gasteiger partial charge in [-0.25, -0.2) is 4.39 Å². The molecule has 1 aliphatic carbocycles. The molecule has 0 aliphatic heterocycles. The number of halogens is 1. The molecule has 2 aromatic heterocycles. The predicted molar refractivity (Wildman–Crippen MR) is 99.9 cm³/mol. The summed E-state index contributed by atoms with van der Waals surface area (Å²) in [5, 5.41) is 17.5. The quantitative estimate of drug-likeness (QED) is 0.742. The van der Waals surface area contributed by atoms with Gasteiger partial charge in [0.15, 0.2) is 0 Å². The van der Waals surface area contributed by atoms with Crippen LogP contribution in [-0.4, -0.2) is 37.5 Å². The highest BCUT2D eigenvalue weighted by atomic mass is 19.1. The summed E-state index contributed by atoms with van der Waals surface area (Å²) in [5.41, 5.74) is 1.92. The number of amides is 1. The zero-order chi connectivity index (χ0) is 19.0. The molecule has 4 rings (SSSR count). The standard InChI is InChI=1S/C20H23FN4O2/c1-24-10-13(9-22-24)11-25-12-14(19-15(21)5-4-7-17(19)25)20(27)23-16-6-2-3-8-18(16)26/h4-5,7,9-10,12,16,18,26H,2-3,6,8,11H2,1H3,(H,23,27)/t16-,18-/m1/s1. The average molecular weight is 370 g/mol. The van der Waals surface area contributed by atoms with E-state index in [4.69, 9.17) is 0 Å². The predicted octanol–water partition coefficient (Wildman–Crippen LogP) is 2.60. The Morgan fingerprint density at radius 1 is 1.33 bits per heavy atom. The zero-order valence-electron chi connectivity index (χ0n) is 15.2. The first kappa shape index (κ1) is 17.7. The van der Waals surface area contributed by atoms with E-state index >= 15 is 0 Å². The van der Waals surface area contributed by atoms with Gasteiger partial charge >= 0.3 is 0 Å². The van der Waals surface area contributed by atoms with Gasteiger partial charge in [0.25, 0.3) is 5.91 Å². The van der Waals surface area contributed by atoms with Gasteiger partial charge in [0.1, 0.15) is 5.82 Å². The number of carbonyl (C=O) groups is 1. The summed E-state index contributed by atoms with van der Waals surface area (Å²) in [4.78, 5) is 12.9. The maximum atomic E-state index is 14.6. The second kappa shape index (κ2) is 7.15. The van der Waals surface area contributed by atoms with Crippen LogP contribution in [0.4, 0.5) is 4.39 Å². The van der Waals surface area contributed by atoms with Crippen LogP contribution in [-0.2, 0) is 13.6 Å². The second-order valence-electron chi connectivity index (χ2n) is 7.26. The molecule has 0 saturated heterocycles. The highest BCUT2D eigenvalue weighted by Gasteiger charge is 2.27. The summed E-state index contributed by atoms with van der Waals surface area (Å²) in [6.07, 6.45) is 8.14. The molecule has 6 nitrogen and oxygen atoms in total. The molecule has 0 radical (unpaired) electrons. The van der Waals surface area contributed by atoms with Crippen molar-refractivity contribution in [1.82, 2.24) is 19.7 Å². The Labute approximate surface area is 156 Å². The van der Waals surface area contributed by atoms with Crippen molar-refractivity contribution in [3.8, 4) is 0 Å². The molecule has 1 aliphatic rings. The Hall–Kier alpha value is -2.67. The number of aromatic nitrogens is 3. The summed E-state index contributed by atoms with van der Waals surface area (Å²) in [7, 11) is 1.84. The Kier molecular flexibility index (Phi) is 4.70. The van der Waals surface area contributed by atoms with Gasteiger partial charge in [-0.05, 0) is 25.0 Å². The fourth-order valence-electron chi connectivity index (χ4n) is 3.89. The Morgan fingerprint density at radius 3 is 2.89 bits per heavy atom. The van der Waals surface area contributed by atoms with Gasteiger partial charge < -0.3 is 15.0 Å². The van der Waals surface area contributed by atoms with Gasteiger partial charge in [-0.3, -0.25) is 9.48 Å². The van der Waals surface area contributed by atoms with E-state index in [0.717, 1.165) is 24.8 Å².